The number of imidazole rings is 1. The molecule has 1 heterocycles. The maximum Gasteiger partial charge on any atom is 0.145 e. The monoisotopic (exact) mass is 344 g/mol. The van der Waals surface area contributed by atoms with Crippen molar-refractivity contribution in [3.8, 4) is 0 Å². The zero-order valence-electron chi connectivity index (χ0n) is 12.1. The van der Waals surface area contributed by atoms with Crippen LogP contribution in [0.4, 0.5) is 0 Å². The maximum absolute atomic E-state index is 5.47. The lowest BCUT2D eigenvalue weighted by Gasteiger charge is -2.07. The van der Waals surface area contributed by atoms with Crippen LogP contribution in [-0.2, 0) is 12.8 Å². The minimum absolute atomic E-state index is 0.838. The van der Waals surface area contributed by atoms with E-state index in [2.05, 4.69) is 53.2 Å². The van der Waals surface area contributed by atoms with Gasteiger partial charge in [-0.1, -0.05) is 53.2 Å². The summed E-state index contributed by atoms with van der Waals surface area (Å²) in [7, 11) is 1.68. The van der Waals surface area contributed by atoms with E-state index in [1.807, 2.05) is 16.9 Å². The summed E-state index contributed by atoms with van der Waals surface area (Å²) in [4.78, 5) is 10.2. The summed E-state index contributed by atoms with van der Waals surface area (Å²) in [6, 6.07) is 14.6. The molecular weight excluding hydrogens is 328 g/mol. The molecule has 0 saturated carbocycles. The van der Waals surface area contributed by atoms with Crippen molar-refractivity contribution in [1.82, 2.24) is 9.71 Å². The van der Waals surface area contributed by atoms with E-state index >= 15 is 0 Å². The molecule has 0 bridgehead atoms. The summed E-state index contributed by atoms with van der Waals surface area (Å²) < 4.78 is 2.90. The first kappa shape index (κ1) is 14.1. The van der Waals surface area contributed by atoms with Gasteiger partial charge in [-0.2, -0.15) is 4.73 Å². The third-order valence-electron chi connectivity index (χ3n) is 3.62. The lowest BCUT2D eigenvalue weighted by Crippen LogP contribution is -2.09. The number of nitrogens with zero attached hydrogens (tertiary/aromatic N) is 2. The normalized spacial score (nSPS) is 11.0. The molecule has 3 aromatic rings. The first-order valence-corrected chi connectivity index (χ1v) is 7.81. The van der Waals surface area contributed by atoms with Crippen LogP contribution in [0, 0.1) is 0 Å². The van der Waals surface area contributed by atoms with E-state index < -0.39 is 0 Å². The van der Waals surface area contributed by atoms with Crippen LogP contribution in [0.1, 0.15) is 23.9 Å². The van der Waals surface area contributed by atoms with E-state index in [0.29, 0.717) is 0 Å². The van der Waals surface area contributed by atoms with E-state index in [1.165, 1.54) is 11.1 Å². The summed E-state index contributed by atoms with van der Waals surface area (Å²) in [5.74, 6) is 0.944. The van der Waals surface area contributed by atoms with Crippen LogP contribution in [0.5, 0.6) is 0 Å². The van der Waals surface area contributed by atoms with Crippen LogP contribution < -0.4 is 4.84 Å². The minimum atomic E-state index is 0.838. The molecule has 21 heavy (non-hydrogen) atoms. The van der Waals surface area contributed by atoms with Gasteiger partial charge in [-0.05, 0) is 23.3 Å². The average Bonchev–Trinajstić information content (AvgIpc) is 2.89. The van der Waals surface area contributed by atoms with Crippen molar-refractivity contribution in [2.45, 2.75) is 19.8 Å². The van der Waals surface area contributed by atoms with E-state index in [0.717, 1.165) is 34.2 Å². The largest absolute Gasteiger partial charge is 0.415 e. The third-order valence-corrected chi connectivity index (χ3v) is 4.36. The van der Waals surface area contributed by atoms with Crippen LogP contribution in [0.15, 0.2) is 46.9 Å². The molecule has 0 atom stereocenters. The highest BCUT2D eigenvalue weighted by Gasteiger charge is 2.15. The minimum Gasteiger partial charge on any atom is -0.415 e. The second-order valence-corrected chi connectivity index (χ2v) is 5.77. The van der Waals surface area contributed by atoms with Gasteiger partial charge in [0.2, 0.25) is 0 Å². The van der Waals surface area contributed by atoms with Gasteiger partial charge < -0.3 is 4.84 Å². The lowest BCUT2D eigenvalue weighted by atomic mass is 10.0. The van der Waals surface area contributed by atoms with E-state index in [-0.39, 0.29) is 0 Å². The Bertz CT molecular complexity index is 765. The Labute approximate surface area is 132 Å². The van der Waals surface area contributed by atoms with Crippen LogP contribution in [-0.4, -0.2) is 16.8 Å². The number of aromatic nitrogens is 2. The zero-order chi connectivity index (χ0) is 14.8. The Hall–Kier alpha value is -1.81. The van der Waals surface area contributed by atoms with Crippen molar-refractivity contribution in [2.75, 3.05) is 7.11 Å². The van der Waals surface area contributed by atoms with E-state index in [9.17, 15) is 0 Å². The molecule has 108 valence electrons. The highest BCUT2D eigenvalue weighted by molar-refractivity contribution is 9.10. The molecule has 4 heteroatoms. The predicted octanol–water partition coefficient (Wildman–Crippen LogP) is 4.01. The van der Waals surface area contributed by atoms with Crippen LogP contribution in [0.3, 0.4) is 0 Å². The Kier molecular flexibility index (Phi) is 3.97. The Morgan fingerprint density at radius 3 is 2.57 bits per heavy atom. The van der Waals surface area contributed by atoms with Crippen molar-refractivity contribution in [3.05, 3.63) is 63.9 Å². The molecule has 0 radical (unpaired) electrons. The van der Waals surface area contributed by atoms with Crippen molar-refractivity contribution in [1.29, 1.82) is 0 Å². The van der Waals surface area contributed by atoms with Crippen LogP contribution >= 0.6 is 15.9 Å². The van der Waals surface area contributed by atoms with Gasteiger partial charge >= 0.3 is 0 Å². The molecule has 0 aliphatic heterocycles. The summed E-state index contributed by atoms with van der Waals surface area (Å²) in [5, 5.41) is 0. The molecule has 0 saturated heterocycles. The lowest BCUT2D eigenvalue weighted by molar-refractivity contribution is 0.169. The Morgan fingerprint density at radius 2 is 1.90 bits per heavy atom. The van der Waals surface area contributed by atoms with E-state index in [1.54, 1.807) is 7.11 Å². The first-order valence-electron chi connectivity index (χ1n) is 7.01. The Morgan fingerprint density at radius 1 is 1.14 bits per heavy atom. The van der Waals surface area contributed by atoms with Crippen molar-refractivity contribution in [2.24, 2.45) is 0 Å². The number of fused-ring (bicyclic) bond motifs is 1. The van der Waals surface area contributed by atoms with Crippen molar-refractivity contribution >= 4 is 27.0 Å². The second kappa shape index (κ2) is 5.90. The van der Waals surface area contributed by atoms with Crippen LogP contribution in [0.25, 0.3) is 11.0 Å². The first-order chi connectivity index (χ1) is 10.2. The van der Waals surface area contributed by atoms with Gasteiger partial charge in [-0.3, -0.25) is 0 Å². The number of aryl methyl sites for hydroxylation is 1. The summed E-state index contributed by atoms with van der Waals surface area (Å²) in [5.41, 5.74) is 4.50. The van der Waals surface area contributed by atoms with E-state index in [4.69, 9.17) is 9.82 Å². The fraction of sp³-hybridized carbons (Fsp3) is 0.235. The maximum atomic E-state index is 5.47. The average molecular weight is 345 g/mol. The van der Waals surface area contributed by atoms with Gasteiger partial charge in [-0.15, -0.1) is 0 Å². The van der Waals surface area contributed by atoms with Gasteiger partial charge in [0.1, 0.15) is 18.5 Å². The smallest absolute Gasteiger partial charge is 0.145 e. The molecule has 0 amide bonds. The highest BCUT2D eigenvalue weighted by Crippen LogP contribution is 2.29. The molecular formula is C17H17BrN2O. The number of halogens is 1. The standard InChI is InChI=1S/C17H17BrN2O/c1-3-16-19-17-13(11-12-7-5-4-6-8-12)14(18)9-10-15(17)20(16)21-2/h4-10H,3,11H2,1-2H3. The highest BCUT2D eigenvalue weighted by atomic mass is 79.9. The summed E-state index contributed by atoms with van der Waals surface area (Å²) >= 11 is 3.66. The number of rotatable bonds is 4. The molecule has 0 unspecified atom stereocenters. The van der Waals surface area contributed by atoms with Crippen LogP contribution in [0.2, 0.25) is 0 Å². The molecule has 3 nitrogen and oxygen atoms in total. The third kappa shape index (κ3) is 2.56. The molecule has 0 N–H and O–H groups in total. The van der Waals surface area contributed by atoms with Gasteiger partial charge in [0, 0.05) is 17.3 Å². The Balaban J connectivity index is 2.17. The quantitative estimate of drug-likeness (QED) is 0.714. The summed E-state index contributed by atoms with van der Waals surface area (Å²) in [6.45, 7) is 2.09. The second-order valence-electron chi connectivity index (χ2n) is 4.91. The molecule has 0 fully saturated rings. The van der Waals surface area contributed by atoms with Crippen molar-refractivity contribution < 1.29 is 4.84 Å². The molecule has 3 rings (SSSR count). The molecule has 0 aliphatic rings. The molecule has 1 aromatic heterocycles. The van der Waals surface area contributed by atoms with Gasteiger partial charge in [0.25, 0.3) is 0 Å². The van der Waals surface area contributed by atoms with Gasteiger partial charge in [-0.25, -0.2) is 4.98 Å². The zero-order valence-corrected chi connectivity index (χ0v) is 13.7. The van der Waals surface area contributed by atoms with Gasteiger partial charge in [0.15, 0.2) is 0 Å². The number of benzene rings is 2. The van der Waals surface area contributed by atoms with Crippen molar-refractivity contribution in [3.63, 3.8) is 0 Å². The summed E-state index contributed by atoms with van der Waals surface area (Å²) in [6.07, 6.45) is 1.69. The van der Waals surface area contributed by atoms with Gasteiger partial charge in [0.05, 0.1) is 5.52 Å². The topological polar surface area (TPSA) is 27.1 Å². The number of hydrogen-bond donors (Lipinski definition) is 0. The fourth-order valence-corrected chi connectivity index (χ4v) is 3.06. The molecule has 2 aromatic carbocycles. The molecule has 0 aliphatic carbocycles. The fourth-order valence-electron chi connectivity index (χ4n) is 2.60. The SMILES string of the molecule is CCc1nc2c(Cc3ccccc3)c(Br)ccc2n1OC. The predicted molar refractivity (Wildman–Crippen MR) is 88.6 cm³/mol. The molecule has 0 spiro atoms. The number of hydrogen-bond acceptors (Lipinski definition) is 2.